The predicted molar refractivity (Wildman–Crippen MR) is 92.8 cm³/mol. The molecular formula is C19H20ClFN2. The molecule has 0 radical (unpaired) electrons. The van der Waals surface area contributed by atoms with Crippen LogP contribution in [-0.4, -0.2) is 37.1 Å². The van der Waals surface area contributed by atoms with Gasteiger partial charge in [-0.2, -0.15) is 0 Å². The van der Waals surface area contributed by atoms with Gasteiger partial charge in [0.05, 0.1) is 10.7 Å². The van der Waals surface area contributed by atoms with Crippen LogP contribution in [0.5, 0.6) is 0 Å². The minimum atomic E-state index is -0.153. The summed E-state index contributed by atoms with van der Waals surface area (Å²) in [5.74, 6) is 0.418. The number of nitrogens with zero attached hydrogens (tertiary/aromatic N) is 2. The van der Waals surface area contributed by atoms with Gasteiger partial charge in [0.25, 0.3) is 0 Å². The normalized spacial score (nSPS) is 24.7. The van der Waals surface area contributed by atoms with E-state index in [1.807, 2.05) is 30.3 Å². The number of benzene rings is 2. The standard InChI is InChI=1S/C19H20ClFN2/c20-17-3-1-2-4-18(17)22-9-11-23(12-10-22)19-13-16(19)14-5-7-15(21)8-6-14/h1-8,16,19H,9-13H2/t16-,19+/m0/s1. The third-order valence-corrected chi connectivity index (χ3v) is 5.35. The van der Waals surface area contributed by atoms with Crippen molar-refractivity contribution in [2.45, 2.75) is 18.4 Å². The molecule has 2 aromatic carbocycles. The van der Waals surface area contributed by atoms with Crippen LogP contribution >= 0.6 is 11.6 Å². The first-order valence-electron chi connectivity index (χ1n) is 8.21. The van der Waals surface area contributed by atoms with E-state index >= 15 is 0 Å². The van der Waals surface area contributed by atoms with Crippen LogP contribution in [0.2, 0.25) is 5.02 Å². The molecule has 2 aromatic rings. The molecule has 0 spiro atoms. The zero-order valence-corrected chi connectivity index (χ0v) is 13.7. The number of hydrogen-bond donors (Lipinski definition) is 0. The van der Waals surface area contributed by atoms with E-state index < -0.39 is 0 Å². The summed E-state index contributed by atoms with van der Waals surface area (Å²) in [4.78, 5) is 4.94. The summed E-state index contributed by atoms with van der Waals surface area (Å²) in [6, 6.07) is 15.7. The lowest BCUT2D eigenvalue weighted by Gasteiger charge is -2.36. The quantitative estimate of drug-likeness (QED) is 0.834. The maximum absolute atomic E-state index is 13.0. The first kappa shape index (κ1) is 15.0. The van der Waals surface area contributed by atoms with E-state index in [0.29, 0.717) is 12.0 Å². The molecule has 1 aliphatic heterocycles. The summed E-state index contributed by atoms with van der Waals surface area (Å²) in [5.41, 5.74) is 2.41. The largest absolute Gasteiger partial charge is 0.368 e. The predicted octanol–water partition coefficient (Wildman–Crippen LogP) is 4.16. The van der Waals surface area contributed by atoms with Crippen molar-refractivity contribution in [3.05, 3.63) is 64.9 Å². The molecule has 0 aromatic heterocycles. The van der Waals surface area contributed by atoms with Gasteiger partial charge in [0.2, 0.25) is 0 Å². The molecule has 23 heavy (non-hydrogen) atoms. The highest BCUT2D eigenvalue weighted by Crippen LogP contribution is 2.45. The van der Waals surface area contributed by atoms with Crippen molar-refractivity contribution >= 4 is 17.3 Å². The van der Waals surface area contributed by atoms with Crippen LogP contribution in [0, 0.1) is 5.82 Å². The van der Waals surface area contributed by atoms with Crippen molar-refractivity contribution in [1.29, 1.82) is 0 Å². The van der Waals surface area contributed by atoms with Gasteiger partial charge in [0.15, 0.2) is 0 Å². The zero-order chi connectivity index (χ0) is 15.8. The second-order valence-electron chi connectivity index (χ2n) is 6.44. The lowest BCUT2D eigenvalue weighted by molar-refractivity contribution is 0.244. The summed E-state index contributed by atoms with van der Waals surface area (Å²) in [6.45, 7) is 4.15. The van der Waals surface area contributed by atoms with E-state index in [1.165, 1.54) is 12.0 Å². The lowest BCUT2D eigenvalue weighted by atomic mass is 10.1. The Morgan fingerprint density at radius 3 is 2.30 bits per heavy atom. The molecule has 2 fully saturated rings. The molecule has 2 aliphatic rings. The number of hydrogen-bond acceptors (Lipinski definition) is 2. The van der Waals surface area contributed by atoms with E-state index in [4.69, 9.17) is 11.6 Å². The molecular weight excluding hydrogens is 311 g/mol. The molecule has 0 bridgehead atoms. The number of rotatable bonds is 3. The Balaban J connectivity index is 1.36. The Morgan fingerprint density at radius 1 is 0.913 bits per heavy atom. The highest BCUT2D eigenvalue weighted by molar-refractivity contribution is 6.33. The highest BCUT2D eigenvalue weighted by Gasteiger charge is 2.43. The van der Waals surface area contributed by atoms with E-state index in [2.05, 4.69) is 15.9 Å². The molecule has 4 rings (SSSR count). The Kier molecular flexibility index (Phi) is 4.00. The van der Waals surface area contributed by atoms with Gasteiger partial charge in [-0.1, -0.05) is 35.9 Å². The van der Waals surface area contributed by atoms with Gasteiger partial charge in [-0.05, 0) is 36.2 Å². The van der Waals surface area contributed by atoms with Gasteiger partial charge in [-0.25, -0.2) is 4.39 Å². The molecule has 2 atom stereocenters. The fourth-order valence-electron chi connectivity index (χ4n) is 3.66. The number of anilines is 1. The molecule has 1 aliphatic carbocycles. The third kappa shape index (κ3) is 3.08. The maximum Gasteiger partial charge on any atom is 0.123 e. The Labute approximate surface area is 141 Å². The van der Waals surface area contributed by atoms with Crippen LogP contribution in [0.25, 0.3) is 0 Å². The monoisotopic (exact) mass is 330 g/mol. The van der Waals surface area contributed by atoms with Crippen LogP contribution in [-0.2, 0) is 0 Å². The molecule has 2 nitrogen and oxygen atoms in total. The van der Waals surface area contributed by atoms with Gasteiger partial charge in [-0.3, -0.25) is 4.90 Å². The average Bonchev–Trinajstić information content (AvgIpc) is 3.37. The smallest absolute Gasteiger partial charge is 0.123 e. The number of halogens is 2. The molecule has 0 N–H and O–H groups in total. The molecule has 0 amide bonds. The van der Waals surface area contributed by atoms with Crippen molar-refractivity contribution in [3.63, 3.8) is 0 Å². The van der Waals surface area contributed by atoms with Crippen LogP contribution in [0.3, 0.4) is 0 Å². The maximum atomic E-state index is 13.0. The van der Waals surface area contributed by atoms with Gasteiger partial charge >= 0.3 is 0 Å². The molecule has 1 saturated carbocycles. The third-order valence-electron chi connectivity index (χ3n) is 5.03. The minimum Gasteiger partial charge on any atom is -0.368 e. The van der Waals surface area contributed by atoms with Gasteiger partial charge < -0.3 is 4.90 Å². The fraction of sp³-hybridized carbons (Fsp3) is 0.368. The van der Waals surface area contributed by atoms with Crippen LogP contribution in [0.4, 0.5) is 10.1 Å². The first-order valence-corrected chi connectivity index (χ1v) is 8.59. The van der Waals surface area contributed by atoms with Crippen LogP contribution < -0.4 is 4.90 Å². The van der Waals surface area contributed by atoms with Crippen molar-refractivity contribution in [2.75, 3.05) is 31.1 Å². The first-order chi connectivity index (χ1) is 11.2. The van der Waals surface area contributed by atoms with E-state index in [0.717, 1.165) is 36.9 Å². The van der Waals surface area contributed by atoms with Crippen molar-refractivity contribution in [2.24, 2.45) is 0 Å². The molecule has 1 saturated heterocycles. The lowest BCUT2D eigenvalue weighted by Crippen LogP contribution is -2.47. The molecule has 1 heterocycles. The highest BCUT2D eigenvalue weighted by atomic mass is 35.5. The number of para-hydroxylation sites is 1. The Hall–Kier alpha value is -1.58. The van der Waals surface area contributed by atoms with E-state index in [1.54, 1.807) is 12.1 Å². The van der Waals surface area contributed by atoms with E-state index in [-0.39, 0.29) is 5.82 Å². The SMILES string of the molecule is Fc1ccc([C@@H]2C[C@H]2N2CCN(c3ccccc3Cl)CC2)cc1. The van der Waals surface area contributed by atoms with Crippen LogP contribution in [0.15, 0.2) is 48.5 Å². The van der Waals surface area contributed by atoms with Gasteiger partial charge in [0.1, 0.15) is 5.82 Å². The minimum absolute atomic E-state index is 0.153. The topological polar surface area (TPSA) is 6.48 Å². The second-order valence-corrected chi connectivity index (χ2v) is 6.84. The summed E-state index contributed by atoms with van der Waals surface area (Å²) < 4.78 is 13.0. The van der Waals surface area contributed by atoms with Crippen LogP contribution in [0.1, 0.15) is 17.9 Å². The average molecular weight is 331 g/mol. The van der Waals surface area contributed by atoms with E-state index in [9.17, 15) is 4.39 Å². The number of piperazine rings is 1. The summed E-state index contributed by atoms with van der Waals surface area (Å²) in [6.07, 6.45) is 1.19. The van der Waals surface area contributed by atoms with Crippen molar-refractivity contribution in [1.82, 2.24) is 4.90 Å². The molecule has 120 valence electrons. The fourth-order valence-corrected chi connectivity index (χ4v) is 3.91. The summed E-state index contributed by atoms with van der Waals surface area (Å²) in [7, 11) is 0. The summed E-state index contributed by atoms with van der Waals surface area (Å²) >= 11 is 6.30. The Morgan fingerprint density at radius 2 is 1.61 bits per heavy atom. The zero-order valence-electron chi connectivity index (χ0n) is 13.0. The van der Waals surface area contributed by atoms with Crippen molar-refractivity contribution < 1.29 is 4.39 Å². The Bertz CT molecular complexity index is 680. The molecule has 0 unspecified atom stereocenters. The second kappa shape index (κ2) is 6.14. The van der Waals surface area contributed by atoms with Gasteiger partial charge in [-0.15, -0.1) is 0 Å². The van der Waals surface area contributed by atoms with Crippen molar-refractivity contribution in [3.8, 4) is 0 Å². The van der Waals surface area contributed by atoms with Gasteiger partial charge in [0, 0.05) is 38.1 Å². The summed E-state index contributed by atoms with van der Waals surface area (Å²) in [5, 5.41) is 0.830. The molecule has 4 heteroatoms.